The average Bonchev–Trinajstić information content (AvgIpc) is 3.34. The predicted octanol–water partition coefficient (Wildman–Crippen LogP) is 4.53. The summed E-state index contributed by atoms with van der Waals surface area (Å²) in [6, 6.07) is 21.9. The number of nitrogens with one attached hydrogen (secondary N) is 1. The molecule has 0 aliphatic carbocycles. The fraction of sp³-hybridized carbons (Fsp3) is 0.310. The minimum Gasteiger partial charge on any atom is -0.356 e. The van der Waals surface area contributed by atoms with Gasteiger partial charge < -0.3 is 10.2 Å². The Bertz CT molecular complexity index is 1350. The first-order valence-corrected chi connectivity index (χ1v) is 12.7. The average molecular weight is 482 g/mol. The van der Waals surface area contributed by atoms with Crippen LogP contribution in [0.1, 0.15) is 42.1 Å². The molecule has 2 amide bonds. The molecule has 184 valence electrons. The zero-order valence-electron chi connectivity index (χ0n) is 20.6. The van der Waals surface area contributed by atoms with Gasteiger partial charge in [0.05, 0.1) is 35.3 Å². The molecule has 0 spiro atoms. The number of carbonyl (C=O) groups excluding carboxylic acids is 2. The summed E-state index contributed by atoms with van der Waals surface area (Å²) >= 11 is 0. The van der Waals surface area contributed by atoms with Crippen LogP contribution in [-0.2, 0) is 11.3 Å². The van der Waals surface area contributed by atoms with Crippen LogP contribution in [0.5, 0.6) is 0 Å². The van der Waals surface area contributed by atoms with Crippen molar-refractivity contribution in [1.82, 2.24) is 25.0 Å². The highest BCUT2D eigenvalue weighted by Crippen LogP contribution is 2.28. The molecule has 7 nitrogen and oxygen atoms in total. The number of pyridine rings is 1. The third-order valence-electron chi connectivity index (χ3n) is 6.71. The molecule has 4 aromatic rings. The molecule has 0 bridgehead atoms. The van der Waals surface area contributed by atoms with Gasteiger partial charge in [-0.3, -0.25) is 9.59 Å². The van der Waals surface area contributed by atoms with Crippen LogP contribution in [0.15, 0.2) is 72.9 Å². The van der Waals surface area contributed by atoms with E-state index in [1.54, 1.807) is 6.20 Å². The van der Waals surface area contributed by atoms with Crippen molar-refractivity contribution < 1.29 is 9.59 Å². The predicted molar refractivity (Wildman–Crippen MR) is 140 cm³/mol. The summed E-state index contributed by atoms with van der Waals surface area (Å²) in [5.41, 5.74) is 4.04. The topological polar surface area (TPSA) is 80.1 Å². The van der Waals surface area contributed by atoms with E-state index in [0.717, 1.165) is 41.5 Å². The number of piperidine rings is 1. The molecule has 0 saturated carbocycles. The number of nitrogens with zero attached hydrogens (tertiary/aromatic N) is 4. The van der Waals surface area contributed by atoms with E-state index >= 15 is 0 Å². The van der Waals surface area contributed by atoms with Crippen molar-refractivity contribution in [3.05, 3.63) is 84.1 Å². The zero-order chi connectivity index (χ0) is 24.9. The van der Waals surface area contributed by atoms with Crippen LogP contribution in [-0.4, -0.2) is 51.1 Å². The Morgan fingerprint density at radius 2 is 1.81 bits per heavy atom. The van der Waals surface area contributed by atoms with E-state index in [4.69, 9.17) is 4.98 Å². The van der Waals surface area contributed by atoms with Crippen molar-refractivity contribution in [2.45, 2.75) is 32.7 Å². The van der Waals surface area contributed by atoms with Gasteiger partial charge in [-0.05, 0) is 30.9 Å². The quantitative estimate of drug-likeness (QED) is 0.421. The van der Waals surface area contributed by atoms with Crippen molar-refractivity contribution >= 4 is 22.8 Å². The fourth-order valence-electron chi connectivity index (χ4n) is 4.79. The van der Waals surface area contributed by atoms with E-state index in [0.29, 0.717) is 37.4 Å². The molecule has 2 aromatic carbocycles. The first kappa shape index (κ1) is 23.7. The van der Waals surface area contributed by atoms with Crippen LogP contribution in [0, 0.1) is 5.92 Å². The molecular weight excluding hydrogens is 450 g/mol. The molecule has 2 aromatic heterocycles. The van der Waals surface area contributed by atoms with Gasteiger partial charge in [-0.25, -0.2) is 9.67 Å². The number of aromatic nitrogens is 3. The molecule has 1 N–H and O–H groups in total. The zero-order valence-corrected chi connectivity index (χ0v) is 20.6. The Balaban J connectivity index is 1.51. The van der Waals surface area contributed by atoms with Crippen molar-refractivity contribution in [3.8, 4) is 11.3 Å². The molecule has 5 rings (SSSR count). The number of benzene rings is 2. The Hall–Kier alpha value is -4.00. The maximum Gasteiger partial charge on any atom is 0.254 e. The second kappa shape index (κ2) is 10.7. The van der Waals surface area contributed by atoms with Gasteiger partial charge in [0.1, 0.15) is 0 Å². The van der Waals surface area contributed by atoms with E-state index in [1.165, 1.54) is 0 Å². The van der Waals surface area contributed by atoms with Crippen LogP contribution < -0.4 is 5.32 Å². The van der Waals surface area contributed by atoms with Gasteiger partial charge in [0.25, 0.3) is 5.91 Å². The standard InChI is InChI=1S/C29H31N5O2/c1-2-15-30-28(35)23-14-9-16-33(20-23)29(36)24-17-26(22-12-7-4-8-13-22)32-27-25(24)18-31-34(27)19-21-10-5-3-6-11-21/h3-8,10-13,17-18,23H,2,9,14-16,19-20H2,1H3,(H,30,35). The van der Waals surface area contributed by atoms with E-state index in [9.17, 15) is 9.59 Å². The van der Waals surface area contributed by atoms with E-state index in [2.05, 4.69) is 22.5 Å². The first-order chi connectivity index (χ1) is 17.6. The van der Waals surface area contributed by atoms with Crippen molar-refractivity contribution in [2.75, 3.05) is 19.6 Å². The van der Waals surface area contributed by atoms with Gasteiger partial charge in [0, 0.05) is 25.2 Å². The normalized spacial score (nSPS) is 15.7. The van der Waals surface area contributed by atoms with Crippen LogP contribution >= 0.6 is 0 Å². The van der Waals surface area contributed by atoms with Crippen LogP contribution in [0.2, 0.25) is 0 Å². The van der Waals surface area contributed by atoms with Crippen LogP contribution in [0.3, 0.4) is 0 Å². The van der Waals surface area contributed by atoms with Gasteiger partial charge in [0.2, 0.25) is 5.91 Å². The highest BCUT2D eigenvalue weighted by Gasteiger charge is 2.30. The molecule has 1 saturated heterocycles. The van der Waals surface area contributed by atoms with E-state index < -0.39 is 0 Å². The minimum atomic E-state index is -0.180. The Kier molecular flexibility index (Phi) is 7.07. The summed E-state index contributed by atoms with van der Waals surface area (Å²) in [6.07, 6.45) is 4.24. The van der Waals surface area contributed by atoms with E-state index in [-0.39, 0.29) is 17.7 Å². The molecule has 0 radical (unpaired) electrons. The Morgan fingerprint density at radius 3 is 2.56 bits per heavy atom. The van der Waals surface area contributed by atoms with Crippen LogP contribution in [0.25, 0.3) is 22.3 Å². The number of hydrogen-bond acceptors (Lipinski definition) is 4. The lowest BCUT2D eigenvalue weighted by Gasteiger charge is -2.32. The molecule has 3 heterocycles. The number of hydrogen-bond donors (Lipinski definition) is 1. The molecular formula is C29H31N5O2. The lowest BCUT2D eigenvalue weighted by atomic mass is 9.96. The van der Waals surface area contributed by atoms with Crippen molar-refractivity contribution in [3.63, 3.8) is 0 Å². The second-order valence-corrected chi connectivity index (χ2v) is 9.33. The molecule has 36 heavy (non-hydrogen) atoms. The molecule has 1 aliphatic rings. The number of amides is 2. The lowest BCUT2D eigenvalue weighted by Crippen LogP contribution is -2.45. The Labute approximate surface area is 211 Å². The largest absolute Gasteiger partial charge is 0.356 e. The van der Waals surface area contributed by atoms with Gasteiger partial charge in [-0.15, -0.1) is 0 Å². The molecule has 1 fully saturated rings. The van der Waals surface area contributed by atoms with Gasteiger partial charge in [-0.2, -0.15) is 5.10 Å². The molecule has 1 atom stereocenters. The van der Waals surface area contributed by atoms with Crippen LogP contribution in [0.4, 0.5) is 0 Å². The van der Waals surface area contributed by atoms with Gasteiger partial charge in [0.15, 0.2) is 5.65 Å². The Morgan fingerprint density at radius 1 is 1.06 bits per heavy atom. The maximum atomic E-state index is 13.9. The summed E-state index contributed by atoms with van der Waals surface area (Å²) in [6.45, 7) is 4.33. The highest BCUT2D eigenvalue weighted by molar-refractivity contribution is 6.06. The van der Waals surface area contributed by atoms with Gasteiger partial charge in [-0.1, -0.05) is 67.6 Å². The second-order valence-electron chi connectivity index (χ2n) is 9.33. The fourth-order valence-corrected chi connectivity index (χ4v) is 4.79. The summed E-state index contributed by atoms with van der Waals surface area (Å²) in [7, 11) is 0. The number of carbonyl (C=O) groups is 2. The first-order valence-electron chi connectivity index (χ1n) is 12.7. The highest BCUT2D eigenvalue weighted by atomic mass is 16.2. The minimum absolute atomic E-state index is 0.0369. The SMILES string of the molecule is CCCNC(=O)C1CCCN(C(=O)c2cc(-c3ccccc3)nc3c2cnn3Cc2ccccc2)C1. The van der Waals surface area contributed by atoms with Gasteiger partial charge >= 0.3 is 0 Å². The third kappa shape index (κ3) is 5.00. The number of rotatable bonds is 7. The maximum absolute atomic E-state index is 13.9. The monoisotopic (exact) mass is 481 g/mol. The molecule has 1 unspecified atom stereocenters. The molecule has 1 aliphatic heterocycles. The third-order valence-corrected chi connectivity index (χ3v) is 6.71. The summed E-state index contributed by atoms with van der Waals surface area (Å²) in [5, 5.41) is 8.33. The summed E-state index contributed by atoms with van der Waals surface area (Å²) in [5.74, 6) is -0.220. The van der Waals surface area contributed by atoms with Crippen molar-refractivity contribution in [2.24, 2.45) is 5.92 Å². The lowest BCUT2D eigenvalue weighted by molar-refractivity contribution is -0.126. The summed E-state index contributed by atoms with van der Waals surface area (Å²) < 4.78 is 1.85. The summed E-state index contributed by atoms with van der Waals surface area (Å²) in [4.78, 5) is 33.2. The number of likely N-dealkylation sites (tertiary alicyclic amines) is 1. The molecule has 7 heteroatoms. The number of fused-ring (bicyclic) bond motifs is 1. The van der Waals surface area contributed by atoms with Crippen molar-refractivity contribution in [1.29, 1.82) is 0 Å². The van der Waals surface area contributed by atoms with E-state index in [1.807, 2.05) is 71.1 Å². The smallest absolute Gasteiger partial charge is 0.254 e.